The Hall–Kier alpha value is -0.490. The van der Waals surface area contributed by atoms with Crippen LogP contribution < -0.4 is 0 Å². The average molecular weight is 155 g/mol. The van der Waals surface area contributed by atoms with Gasteiger partial charge in [0.2, 0.25) is 0 Å². The summed E-state index contributed by atoms with van der Waals surface area (Å²) in [6, 6.07) is 8.02. The average Bonchev–Trinajstić information content (AvgIpc) is 1.88. The lowest BCUT2D eigenvalue weighted by Gasteiger charge is -1.96. The van der Waals surface area contributed by atoms with E-state index in [0.717, 1.165) is 11.4 Å². The van der Waals surface area contributed by atoms with E-state index in [0.29, 0.717) is 0 Å². The van der Waals surface area contributed by atoms with Gasteiger partial charge in [0.1, 0.15) is 0 Å². The van der Waals surface area contributed by atoms with E-state index < -0.39 is 0 Å². The minimum Gasteiger partial charge on any atom is -0.0843 e. The minimum absolute atomic E-state index is 0.839. The van der Waals surface area contributed by atoms with Crippen molar-refractivity contribution in [2.75, 3.05) is 0 Å². The third-order valence-electron chi connectivity index (χ3n) is 1.43. The van der Waals surface area contributed by atoms with Gasteiger partial charge in [0.25, 0.3) is 0 Å². The number of benzene rings is 1. The van der Waals surface area contributed by atoms with Gasteiger partial charge in [-0.25, -0.2) is 0 Å². The maximum Gasteiger partial charge on any atom is 0.0408 e. The molecule has 0 amide bonds. The Labute approximate surface area is 66.8 Å². The summed E-state index contributed by atoms with van der Waals surface area (Å²) in [5.41, 5.74) is 1.33. The van der Waals surface area contributed by atoms with Crippen LogP contribution >= 0.6 is 11.6 Å². The smallest absolute Gasteiger partial charge is 0.0408 e. The lowest BCUT2D eigenvalue weighted by Crippen LogP contribution is -1.80. The molecule has 0 nitrogen and oxygen atoms in total. The molecule has 1 aromatic rings. The third-order valence-corrected chi connectivity index (χ3v) is 1.66. The maximum absolute atomic E-state index is 5.78. The summed E-state index contributed by atoms with van der Waals surface area (Å²) >= 11 is 5.78. The molecule has 0 aromatic heterocycles. The highest BCUT2D eigenvalue weighted by molar-refractivity contribution is 6.30. The fraction of sp³-hybridized carbons (Fsp3) is 0.333. The van der Waals surface area contributed by atoms with Gasteiger partial charge >= 0.3 is 0 Å². The monoisotopic (exact) mass is 154 g/mol. The Balaban J connectivity index is 2.75. The molecule has 0 bridgehead atoms. The van der Waals surface area contributed by atoms with E-state index in [-0.39, 0.29) is 0 Å². The van der Waals surface area contributed by atoms with Crippen LogP contribution in [0, 0.1) is 0 Å². The molecular weight excluding hydrogens is 144 g/mol. The number of hydrogen-bond donors (Lipinski definition) is 0. The first-order valence-electron chi connectivity index (χ1n) is 3.57. The predicted octanol–water partition coefficient (Wildman–Crippen LogP) is 3.29. The predicted molar refractivity (Wildman–Crippen MR) is 45.4 cm³/mol. The molecule has 0 aliphatic carbocycles. The van der Waals surface area contributed by atoms with Gasteiger partial charge in [0.15, 0.2) is 0 Å². The van der Waals surface area contributed by atoms with Crippen molar-refractivity contribution in [3.05, 3.63) is 34.9 Å². The number of rotatable bonds is 2. The van der Waals surface area contributed by atoms with Crippen molar-refractivity contribution in [2.24, 2.45) is 0 Å². The van der Waals surface area contributed by atoms with Gasteiger partial charge in [-0.15, -0.1) is 0 Å². The Morgan fingerprint density at radius 1 is 1.40 bits per heavy atom. The largest absolute Gasteiger partial charge is 0.0843 e. The molecule has 1 rings (SSSR count). The summed E-state index contributed by atoms with van der Waals surface area (Å²) in [4.78, 5) is 0. The summed E-state index contributed by atoms with van der Waals surface area (Å²) in [5.74, 6) is 0. The Morgan fingerprint density at radius 3 is 2.80 bits per heavy atom. The zero-order chi connectivity index (χ0) is 7.40. The zero-order valence-electron chi connectivity index (χ0n) is 6.10. The van der Waals surface area contributed by atoms with E-state index in [1.165, 1.54) is 12.0 Å². The third kappa shape index (κ3) is 2.03. The molecule has 0 spiro atoms. The SMILES string of the molecule is CCCc1cccc(Cl)c1. The van der Waals surface area contributed by atoms with Crippen LogP contribution in [0.3, 0.4) is 0 Å². The lowest BCUT2D eigenvalue weighted by atomic mass is 10.1. The molecule has 1 heteroatoms. The first-order valence-corrected chi connectivity index (χ1v) is 3.95. The first-order chi connectivity index (χ1) is 4.83. The molecule has 0 N–H and O–H groups in total. The standard InChI is InChI=1S/C9H11Cl/c1-2-4-8-5-3-6-9(10)7-8/h3,5-7H,2,4H2,1H3. The van der Waals surface area contributed by atoms with Crippen LogP contribution in [0.2, 0.25) is 5.02 Å². The molecule has 0 atom stereocenters. The number of hydrogen-bond acceptors (Lipinski definition) is 0. The number of halogens is 1. The van der Waals surface area contributed by atoms with Crippen molar-refractivity contribution >= 4 is 11.6 Å². The van der Waals surface area contributed by atoms with Crippen molar-refractivity contribution in [1.82, 2.24) is 0 Å². The summed E-state index contributed by atoms with van der Waals surface area (Å²) in [7, 11) is 0. The van der Waals surface area contributed by atoms with Crippen LogP contribution in [0.4, 0.5) is 0 Å². The molecule has 10 heavy (non-hydrogen) atoms. The van der Waals surface area contributed by atoms with Crippen LogP contribution in [0.5, 0.6) is 0 Å². The molecule has 0 saturated carbocycles. The molecular formula is C9H11Cl. The lowest BCUT2D eigenvalue weighted by molar-refractivity contribution is 0.922. The quantitative estimate of drug-likeness (QED) is 0.613. The van der Waals surface area contributed by atoms with Gasteiger partial charge in [-0.1, -0.05) is 37.1 Å². The van der Waals surface area contributed by atoms with Gasteiger partial charge < -0.3 is 0 Å². The van der Waals surface area contributed by atoms with E-state index >= 15 is 0 Å². The van der Waals surface area contributed by atoms with Crippen LogP contribution in [0.15, 0.2) is 24.3 Å². The van der Waals surface area contributed by atoms with E-state index in [1.807, 2.05) is 18.2 Å². The maximum atomic E-state index is 5.78. The molecule has 0 heterocycles. The summed E-state index contributed by atoms with van der Waals surface area (Å²) < 4.78 is 0. The van der Waals surface area contributed by atoms with E-state index in [1.54, 1.807) is 0 Å². The normalized spacial score (nSPS) is 9.80. The van der Waals surface area contributed by atoms with Gasteiger partial charge in [-0.3, -0.25) is 0 Å². The molecule has 0 fully saturated rings. The van der Waals surface area contributed by atoms with Gasteiger partial charge in [-0.05, 0) is 24.1 Å². The molecule has 0 unspecified atom stereocenters. The number of aryl methyl sites for hydroxylation is 1. The molecule has 1 aromatic carbocycles. The van der Waals surface area contributed by atoms with Crippen molar-refractivity contribution in [3.63, 3.8) is 0 Å². The van der Waals surface area contributed by atoms with Crippen molar-refractivity contribution in [2.45, 2.75) is 19.8 Å². The fourth-order valence-corrected chi connectivity index (χ4v) is 1.19. The van der Waals surface area contributed by atoms with Crippen LogP contribution in [-0.4, -0.2) is 0 Å². The summed E-state index contributed by atoms with van der Waals surface area (Å²) in [6.45, 7) is 2.17. The van der Waals surface area contributed by atoms with E-state index in [2.05, 4.69) is 13.0 Å². The highest BCUT2D eigenvalue weighted by Gasteiger charge is 1.90. The van der Waals surface area contributed by atoms with Gasteiger partial charge in [0.05, 0.1) is 0 Å². The fourth-order valence-electron chi connectivity index (χ4n) is 0.981. The van der Waals surface area contributed by atoms with Crippen LogP contribution in [0.1, 0.15) is 18.9 Å². The Kier molecular flexibility index (Phi) is 2.76. The van der Waals surface area contributed by atoms with Crippen molar-refractivity contribution < 1.29 is 0 Å². The second-order valence-electron chi connectivity index (χ2n) is 2.38. The Bertz CT molecular complexity index is 206. The van der Waals surface area contributed by atoms with Crippen LogP contribution in [0.25, 0.3) is 0 Å². The topological polar surface area (TPSA) is 0 Å². The van der Waals surface area contributed by atoms with E-state index in [9.17, 15) is 0 Å². The van der Waals surface area contributed by atoms with Crippen molar-refractivity contribution in [3.8, 4) is 0 Å². The summed E-state index contributed by atoms with van der Waals surface area (Å²) in [5, 5.41) is 0.839. The first kappa shape index (κ1) is 7.62. The highest BCUT2D eigenvalue weighted by atomic mass is 35.5. The minimum atomic E-state index is 0.839. The summed E-state index contributed by atoms with van der Waals surface area (Å²) in [6.07, 6.45) is 2.31. The molecule has 0 aliphatic heterocycles. The van der Waals surface area contributed by atoms with Gasteiger partial charge in [0, 0.05) is 5.02 Å². The molecule has 54 valence electrons. The van der Waals surface area contributed by atoms with Crippen LogP contribution in [-0.2, 0) is 6.42 Å². The van der Waals surface area contributed by atoms with Crippen molar-refractivity contribution in [1.29, 1.82) is 0 Å². The second-order valence-corrected chi connectivity index (χ2v) is 2.82. The Morgan fingerprint density at radius 2 is 2.20 bits per heavy atom. The molecule has 0 aliphatic rings. The molecule has 0 radical (unpaired) electrons. The van der Waals surface area contributed by atoms with Gasteiger partial charge in [-0.2, -0.15) is 0 Å². The molecule has 0 saturated heterocycles. The zero-order valence-corrected chi connectivity index (χ0v) is 6.86. The second kappa shape index (κ2) is 3.62. The van der Waals surface area contributed by atoms with E-state index in [4.69, 9.17) is 11.6 Å². The highest BCUT2D eigenvalue weighted by Crippen LogP contribution is 2.11.